The maximum absolute atomic E-state index is 11.9. The number of amides is 3. The van der Waals surface area contributed by atoms with Crippen LogP contribution < -0.4 is 10.6 Å². The largest absolute Gasteiger partial charge is 0.480 e. The molecule has 0 aromatic heterocycles. The molecule has 0 saturated heterocycles. The van der Waals surface area contributed by atoms with E-state index in [-0.39, 0.29) is 25.0 Å². The van der Waals surface area contributed by atoms with Crippen molar-refractivity contribution >= 4 is 17.9 Å². The van der Waals surface area contributed by atoms with E-state index >= 15 is 0 Å². The van der Waals surface area contributed by atoms with Crippen molar-refractivity contribution in [3.05, 3.63) is 0 Å². The monoisotopic (exact) mass is 257 g/mol. The zero-order valence-corrected chi connectivity index (χ0v) is 10.4. The molecule has 7 nitrogen and oxygen atoms in total. The van der Waals surface area contributed by atoms with Crippen LogP contribution in [-0.2, 0) is 9.59 Å². The molecule has 0 spiro atoms. The van der Waals surface area contributed by atoms with Crippen molar-refractivity contribution in [2.24, 2.45) is 0 Å². The number of rotatable bonds is 5. The molecular formula is C11H19N3O4. The number of carbonyl (C=O) groups is 3. The highest BCUT2D eigenvalue weighted by atomic mass is 16.4. The Bertz CT molecular complexity index is 326. The second-order valence-corrected chi connectivity index (χ2v) is 4.29. The number of carboxylic acid groups (broad SMARTS) is 1. The Labute approximate surface area is 106 Å². The molecule has 102 valence electrons. The van der Waals surface area contributed by atoms with Crippen LogP contribution in [0.15, 0.2) is 0 Å². The van der Waals surface area contributed by atoms with Crippen molar-refractivity contribution in [3.63, 3.8) is 0 Å². The van der Waals surface area contributed by atoms with Gasteiger partial charge in [0.25, 0.3) is 0 Å². The first-order valence-electron chi connectivity index (χ1n) is 6.01. The lowest BCUT2D eigenvalue weighted by atomic mass is 10.2. The number of carbonyl (C=O) groups excluding carboxylic acids is 2. The van der Waals surface area contributed by atoms with Gasteiger partial charge in [-0.05, 0) is 12.8 Å². The predicted octanol–water partition coefficient (Wildman–Crippen LogP) is -0.229. The Morgan fingerprint density at radius 2 is 1.89 bits per heavy atom. The van der Waals surface area contributed by atoms with E-state index in [1.165, 1.54) is 11.9 Å². The molecule has 1 aliphatic carbocycles. The molecule has 0 radical (unpaired) electrons. The second-order valence-electron chi connectivity index (χ2n) is 4.29. The normalized spacial score (nSPS) is 15.2. The third kappa shape index (κ3) is 4.23. The number of nitrogens with zero attached hydrogens (tertiary/aromatic N) is 1. The number of hydrogen-bond acceptors (Lipinski definition) is 3. The lowest BCUT2D eigenvalue weighted by Crippen LogP contribution is -2.49. The van der Waals surface area contributed by atoms with E-state index in [9.17, 15) is 14.4 Å². The Balaban J connectivity index is 2.55. The molecule has 0 atom stereocenters. The van der Waals surface area contributed by atoms with Crippen molar-refractivity contribution in [3.8, 4) is 0 Å². The fourth-order valence-corrected chi connectivity index (χ4v) is 2.07. The van der Waals surface area contributed by atoms with Crippen molar-refractivity contribution in [2.75, 3.05) is 20.1 Å². The molecule has 0 aromatic rings. The number of likely N-dealkylation sites (N-methyl/N-ethyl adjacent to an activating group) is 1. The Kier molecular flexibility index (Phi) is 5.41. The molecule has 1 aliphatic rings. The van der Waals surface area contributed by atoms with Gasteiger partial charge in [-0.1, -0.05) is 12.8 Å². The quantitative estimate of drug-likeness (QED) is 0.633. The minimum Gasteiger partial charge on any atom is -0.480 e. The minimum atomic E-state index is -1.04. The van der Waals surface area contributed by atoms with Crippen LogP contribution >= 0.6 is 0 Å². The fraction of sp³-hybridized carbons (Fsp3) is 0.727. The molecule has 3 N–H and O–H groups in total. The molecule has 3 amide bonds. The van der Waals surface area contributed by atoms with Crippen LogP contribution in [0.2, 0.25) is 0 Å². The standard InChI is InChI=1S/C11H19N3O4/c1-12-9(15)6-13-11(18)14(7-10(16)17)8-4-2-3-5-8/h8H,2-7H2,1H3,(H,12,15)(H,13,18)(H,16,17). The van der Waals surface area contributed by atoms with Crippen molar-refractivity contribution in [1.82, 2.24) is 15.5 Å². The topological polar surface area (TPSA) is 98.7 Å². The van der Waals surface area contributed by atoms with E-state index in [1.807, 2.05) is 0 Å². The Morgan fingerprint density at radius 3 is 2.39 bits per heavy atom. The first-order valence-corrected chi connectivity index (χ1v) is 6.01. The molecule has 7 heteroatoms. The summed E-state index contributed by atoms with van der Waals surface area (Å²) in [7, 11) is 1.47. The number of aliphatic carboxylic acids is 1. The number of urea groups is 1. The van der Waals surface area contributed by atoms with E-state index < -0.39 is 12.0 Å². The SMILES string of the molecule is CNC(=O)CNC(=O)N(CC(=O)O)C1CCCC1. The molecule has 1 fully saturated rings. The molecule has 1 saturated carbocycles. The van der Waals surface area contributed by atoms with Gasteiger partial charge in [0.2, 0.25) is 5.91 Å². The third-order valence-corrected chi connectivity index (χ3v) is 3.01. The van der Waals surface area contributed by atoms with Gasteiger partial charge in [-0.2, -0.15) is 0 Å². The second kappa shape index (κ2) is 6.83. The summed E-state index contributed by atoms with van der Waals surface area (Å²) in [5, 5.41) is 13.6. The highest BCUT2D eigenvalue weighted by molar-refractivity contribution is 5.85. The van der Waals surface area contributed by atoms with E-state index in [4.69, 9.17) is 5.11 Å². The van der Waals surface area contributed by atoms with Gasteiger partial charge in [-0.25, -0.2) is 4.79 Å². The number of carboxylic acids is 1. The van der Waals surface area contributed by atoms with E-state index in [1.54, 1.807) is 0 Å². The smallest absolute Gasteiger partial charge is 0.323 e. The Hall–Kier alpha value is -1.79. The fourth-order valence-electron chi connectivity index (χ4n) is 2.07. The molecule has 0 unspecified atom stereocenters. The summed E-state index contributed by atoms with van der Waals surface area (Å²) in [6, 6.07) is -0.529. The summed E-state index contributed by atoms with van der Waals surface area (Å²) in [5.41, 5.74) is 0. The molecule has 0 aliphatic heterocycles. The zero-order chi connectivity index (χ0) is 13.5. The highest BCUT2D eigenvalue weighted by Crippen LogP contribution is 2.23. The van der Waals surface area contributed by atoms with Crippen molar-refractivity contribution in [1.29, 1.82) is 0 Å². The molecule has 0 aromatic carbocycles. The highest BCUT2D eigenvalue weighted by Gasteiger charge is 2.28. The summed E-state index contributed by atoms with van der Waals surface area (Å²) < 4.78 is 0. The summed E-state index contributed by atoms with van der Waals surface area (Å²) in [4.78, 5) is 34.9. The summed E-state index contributed by atoms with van der Waals surface area (Å²) >= 11 is 0. The molecule has 0 bridgehead atoms. The van der Waals surface area contributed by atoms with Crippen LogP contribution in [0.25, 0.3) is 0 Å². The summed E-state index contributed by atoms with van der Waals surface area (Å²) in [5.74, 6) is -1.36. The van der Waals surface area contributed by atoms with Crippen LogP contribution in [0.4, 0.5) is 4.79 Å². The van der Waals surface area contributed by atoms with E-state index in [0.29, 0.717) is 0 Å². The van der Waals surface area contributed by atoms with Gasteiger partial charge in [-0.15, -0.1) is 0 Å². The maximum Gasteiger partial charge on any atom is 0.323 e. The third-order valence-electron chi connectivity index (χ3n) is 3.01. The number of nitrogens with one attached hydrogen (secondary N) is 2. The molecule has 0 heterocycles. The zero-order valence-electron chi connectivity index (χ0n) is 10.4. The van der Waals surface area contributed by atoms with E-state index in [2.05, 4.69) is 10.6 Å². The van der Waals surface area contributed by atoms with Gasteiger partial charge in [0, 0.05) is 13.1 Å². The van der Waals surface area contributed by atoms with Crippen LogP contribution in [0, 0.1) is 0 Å². The van der Waals surface area contributed by atoms with E-state index in [0.717, 1.165) is 25.7 Å². The van der Waals surface area contributed by atoms with Gasteiger partial charge in [0.15, 0.2) is 0 Å². The lowest BCUT2D eigenvalue weighted by Gasteiger charge is -2.27. The van der Waals surface area contributed by atoms with Gasteiger partial charge in [0.05, 0.1) is 6.54 Å². The summed E-state index contributed by atoms with van der Waals surface area (Å²) in [6.45, 7) is -0.470. The molecular weight excluding hydrogens is 238 g/mol. The van der Waals surface area contributed by atoms with Crippen LogP contribution in [-0.4, -0.2) is 54.1 Å². The van der Waals surface area contributed by atoms with Crippen LogP contribution in [0.5, 0.6) is 0 Å². The lowest BCUT2D eigenvalue weighted by molar-refractivity contribution is -0.138. The summed E-state index contributed by atoms with van der Waals surface area (Å²) in [6.07, 6.45) is 3.65. The first-order chi connectivity index (χ1) is 8.54. The number of hydrogen-bond donors (Lipinski definition) is 3. The molecule has 1 rings (SSSR count). The average Bonchev–Trinajstić information content (AvgIpc) is 2.85. The van der Waals surface area contributed by atoms with Gasteiger partial charge in [0.1, 0.15) is 6.54 Å². The van der Waals surface area contributed by atoms with Gasteiger partial charge >= 0.3 is 12.0 Å². The van der Waals surface area contributed by atoms with Crippen molar-refractivity contribution in [2.45, 2.75) is 31.7 Å². The molecule has 18 heavy (non-hydrogen) atoms. The Morgan fingerprint density at radius 1 is 1.28 bits per heavy atom. The van der Waals surface area contributed by atoms with Crippen LogP contribution in [0.1, 0.15) is 25.7 Å². The minimum absolute atomic E-state index is 0.0363. The van der Waals surface area contributed by atoms with Crippen molar-refractivity contribution < 1.29 is 19.5 Å². The predicted molar refractivity (Wildman–Crippen MR) is 64.1 cm³/mol. The van der Waals surface area contributed by atoms with Gasteiger partial charge < -0.3 is 20.6 Å². The average molecular weight is 257 g/mol. The van der Waals surface area contributed by atoms with Crippen LogP contribution in [0.3, 0.4) is 0 Å². The first kappa shape index (κ1) is 14.3. The maximum atomic E-state index is 11.9. The van der Waals surface area contributed by atoms with Gasteiger partial charge in [-0.3, -0.25) is 9.59 Å².